The van der Waals surface area contributed by atoms with Gasteiger partial charge in [-0.15, -0.1) is 0 Å². The SMILES string of the molecule is CCc1c(C#N)c(S[C@@H](C(=O)OP(N)(=O)O)c2ccc(OS(C)(=O)=O)cc2)nc(N(C)C)c1C#N.NCC(=O)O. The van der Waals surface area contributed by atoms with Crippen LogP contribution in [0.5, 0.6) is 5.75 Å². The smallest absolute Gasteiger partial charge is 0.455 e. The zero-order chi connectivity index (χ0) is 30.8. The minimum absolute atomic E-state index is 0.0302. The predicted molar refractivity (Wildman–Crippen MR) is 145 cm³/mol. The van der Waals surface area contributed by atoms with E-state index in [2.05, 4.69) is 21.3 Å². The Morgan fingerprint density at radius 3 is 2.10 bits per heavy atom. The number of carbonyl (C=O) groups excluding carboxylic acids is 1. The fourth-order valence-corrected chi connectivity index (χ4v) is 4.99. The first kappa shape index (κ1) is 34.3. The van der Waals surface area contributed by atoms with E-state index in [0.717, 1.165) is 18.0 Å². The van der Waals surface area contributed by atoms with Crippen LogP contribution in [-0.2, 0) is 35.2 Å². The Labute approximate surface area is 235 Å². The van der Waals surface area contributed by atoms with Crippen molar-refractivity contribution in [2.45, 2.75) is 23.6 Å². The maximum atomic E-state index is 12.8. The molecule has 0 aliphatic carbocycles. The quantitative estimate of drug-likeness (QED) is 0.167. The maximum absolute atomic E-state index is 12.8. The van der Waals surface area contributed by atoms with E-state index in [9.17, 15) is 38.0 Å². The van der Waals surface area contributed by atoms with Crippen molar-refractivity contribution >= 4 is 47.4 Å². The summed E-state index contributed by atoms with van der Waals surface area (Å²) in [6.45, 7) is 1.48. The summed E-state index contributed by atoms with van der Waals surface area (Å²) in [6.07, 6.45) is 1.19. The number of nitrogens with zero attached hydrogens (tertiary/aromatic N) is 4. The second-order valence-electron chi connectivity index (χ2n) is 7.87. The van der Waals surface area contributed by atoms with Crippen LogP contribution in [0, 0.1) is 22.7 Å². The first-order valence-electron chi connectivity index (χ1n) is 10.9. The normalized spacial score (nSPS) is 12.8. The Bertz CT molecular complexity index is 1480. The second-order valence-corrected chi connectivity index (χ2v) is 11.8. The van der Waals surface area contributed by atoms with E-state index in [4.69, 9.17) is 14.8 Å². The van der Waals surface area contributed by atoms with Crippen molar-refractivity contribution in [3.63, 3.8) is 0 Å². The number of nitrogens with two attached hydrogens (primary N) is 2. The van der Waals surface area contributed by atoms with Crippen LogP contribution in [0.3, 0.4) is 0 Å². The van der Waals surface area contributed by atoms with Crippen LogP contribution in [0.25, 0.3) is 0 Å². The number of thioether (sulfide) groups is 1. The molecule has 0 saturated heterocycles. The summed E-state index contributed by atoms with van der Waals surface area (Å²) in [6, 6.07) is 9.32. The van der Waals surface area contributed by atoms with E-state index in [0.29, 0.717) is 12.0 Å². The average molecular weight is 615 g/mol. The lowest BCUT2D eigenvalue weighted by molar-refractivity contribution is -0.136. The first-order valence-corrected chi connectivity index (χ1v) is 15.3. The van der Waals surface area contributed by atoms with Crippen molar-refractivity contribution in [1.82, 2.24) is 4.98 Å². The Hall–Kier alpha value is -3.70. The zero-order valence-electron chi connectivity index (χ0n) is 21.8. The Balaban J connectivity index is 0.00000146. The van der Waals surface area contributed by atoms with Crippen LogP contribution >= 0.6 is 19.5 Å². The molecule has 216 valence electrons. The molecule has 0 fully saturated rings. The number of carboxylic acid groups (broad SMARTS) is 1. The number of rotatable bonds is 10. The van der Waals surface area contributed by atoms with Gasteiger partial charge in [0.05, 0.1) is 23.9 Å². The fraction of sp³-hybridized carbons (Fsp3) is 0.318. The molecule has 2 rings (SSSR count). The van der Waals surface area contributed by atoms with Gasteiger partial charge in [0.15, 0.2) is 0 Å². The van der Waals surface area contributed by atoms with Gasteiger partial charge in [0.25, 0.3) is 0 Å². The number of aliphatic carboxylic acids is 1. The fourth-order valence-electron chi connectivity index (χ4n) is 3.01. The van der Waals surface area contributed by atoms with Gasteiger partial charge < -0.3 is 29.3 Å². The summed E-state index contributed by atoms with van der Waals surface area (Å²) in [5.41, 5.74) is 10.5. The molecule has 0 bridgehead atoms. The Morgan fingerprint density at radius 1 is 1.20 bits per heavy atom. The van der Waals surface area contributed by atoms with E-state index in [1.807, 2.05) is 6.07 Å². The molecule has 2 aromatic rings. The standard InChI is InChI=1S/C20H22N5O7PS2.C2H5NO2/c1-5-14-15(10-21)18(25(2)3)24-19(16(14)11-22)34-17(20(26)31-33(23,27)28)12-6-8-13(9-7-12)32-35(4,29)30;3-1-2(4)5/h6-9,17H,5H2,1-4H3,(H3,23,27,28);1,3H2,(H,4,5)/t17-;/m1./s1. The molecule has 1 aromatic heterocycles. The average Bonchev–Trinajstić information content (AvgIpc) is 2.84. The number of carbonyl (C=O) groups is 2. The third-order valence-electron chi connectivity index (χ3n) is 4.52. The number of anilines is 1. The summed E-state index contributed by atoms with van der Waals surface area (Å²) < 4.78 is 43.6. The minimum atomic E-state index is -4.71. The molecular weight excluding hydrogens is 587 g/mol. The second kappa shape index (κ2) is 14.6. The van der Waals surface area contributed by atoms with Crippen LogP contribution in [0.15, 0.2) is 29.3 Å². The van der Waals surface area contributed by atoms with Gasteiger partial charge in [0.2, 0.25) is 0 Å². The van der Waals surface area contributed by atoms with Gasteiger partial charge >= 0.3 is 29.8 Å². The van der Waals surface area contributed by atoms with Crippen molar-refractivity contribution in [2.75, 3.05) is 31.8 Å². The minimum Gasteiger partial charge on any atom is -0.480 e. The number of benzene rings is 1. The Morgan fingerprint density at radius 2 is 1.73 bits per heavy atom. The first-order chi connectivity index (χ1) is 18.5. The van der Waals surface area contributed by atoms with Gasteiger partial charge in [-0.05, 0) is 29.7 Å². The summed E-state index contributed by atoms with van der Waals surface area (Å²) in [5, 5.41) is 25.8. The monoisotopic (exact) mass is 614 g/mol. The molecule has 0 saturated carbocycles. The van der Waals surface area contributed by atoms with Crippen LogP contribution < -0.4 is 20.3 Å². The van der Waals surface area contributed by atoms with Gasteiger partial charge in [0.1, 0.15) is 34.0 Å². The van der Waals surface area contributed by atoms with Gasteiger partial charge in [-0.2, -0.15) is 18.9 Å². The van der Waals surface area contributed by atoms with Crippen molar-refractivity contribution < 1.29 is 41.3 Å². The van der Waals surface area contributed by atoms with Gasteiger partial charge in [-0.3, -0.25) is 9.59 Å². The maximum Gasteiger partial charge on any atom is 0.455 e. The molecule has 1 unspecified atom stereocenters. The summed E-state index contributed by atoms with van der Waals surface area (Å²) in [4.78, 5) is 37.4. The van der Waals surface area contributed by atoms with Crippen molar-refractivity contribution in [3.8, 4) is 17.9 Å². The number of pyridine rings is 1. The molecule has 0 amide bonds. The molecule has 0 aliphatic rings. The third-order valence-corrected chi connectivity index (χ3v) is 6.67. The van der Waals surface area contributed by atoms with Gasteiger partial charge in [-0.1, -0.05) is 30.8 Å². The topological polar surface area (TPSA) is 260 Å². The molecule has 0 aliphatic heterocycles. The zero-order valence-corrected chi connectivity index (χ0v) is 24.3. The molecule has 40 heavy (non-hydrogen) atoms. The summed E-state index contributed by atoms with van der Waals surface area (Å²) in [5.74, 6) is -1.93. The highest BCUT2D eigenvalue weighted by atomic mass is 32.2. The van der Waals surface area contributed by atoms with Crippen LogP contribution in [0.2, 0.25) is 0 Å². The van der Waals surface area contributed by atoms with E-state index in [1.165, 1.54) is 24.3 Å². The Kier molecular flexibility index (Phi) is 12.5. The molecule has 0 spiro atoms. The highest BCUT2D eigenvalue weighted by Crippen LogP contribution is 2.43. The molecule has 6 N–H and O–H groups in total. The molecule has 0 radical (unpaired) electrons. The lowest BCUT2D eigenvalue weighted by atomic mass is 10.0. The molecule has 18 heteroatoms. The molecular formula is C22H27N6O9PS2. The third kappa shape index (κ3) is 10.5. The van der Waals surface area contributed by atoms with Gasteiger partial charge in [0, 0.05) is 14.1 Å². The summed E-state index contributed by atoms with van der Waals surface area (Å²) in [7, 11) is -5.19. The lowest BCUT2D eigenvalue weighted by Crippen LogP contribution is -2.18. The lowest BCUT2D eigenvalue weighted by Gasteiger charge is -2.21. The molecule has 1 heterocycles. The van der Waals surface area contributed by atoms with Crippen LogP contribution in [0.1, 0.15) is 34.4 Å². The summed E-state index contributed by atoms with van der Waals surface area (Å²) >= 11 is 0.750. The molecule has 15 nitrogen and oxygen atoms in total. The van der Waals surface area contributed by atoms with Gasteiger partial charge in [-0.25, -0.2) is 15.1 Å². The van der Waals surface area contributed by atoms with E-state index >= 15 is 0 Å². The van der Waals surface area contributed by atoms with Crippen molar-refractivity contribution in [1.29, 1.82) is 10.5 Å². The molecule has 2 atom stereocenters. The van der Waals surface area contributed by atoms with E-state index in [-0.39, 0.29) is 39.8 Å². The number of aromatic nitrogens is 1. The number of hydrogen-bond acceptors (Lipinski definition) is 13. The highest BCUT2D eigenvalue weighted by molar-refractivity contribution is 8.00. The number of hydrogen-bond donors (Lipinski definition) is 4. The van der Waals surface area contributed by atoms with Crippen molar-refractivity contribution in [2.24, 2.45) is 11.2 Å². The van der Waals surface area contributed by atoms with E-state index in [1.54, 1.807) is 25.9 Å². The van der Waals surface area contributed by atoms with E-state index < -0.39 is 35.1 Å². The number of nitriles is 2. The largest absolute Gasteiger partial charge is 0.480 e. The van der Waals surface area contributed by atoms with Crippen molar-refractivity contribution in [3.05, 3.63) is 46.5 Å². The van der Waals surface area contributed by atoms with Crippen LogP contribution in [0.4, 0.5) is 5.82 Å². The highest BCUT2D eigenvalue weighted by Gasteiger charge is 2.32. The number of carboxylic acids is 1. The van der Waals surface area contributed by atoms with Crippen LogP contribution in [-0.4, -0.2) is 62.2 Å². The predicted octanol–water partition coefficient (Wildman–Crippen LogP) is 1.26. The molecule has 1 aromatic carbocycles.